The van der Waals surface area contributed by atoms with Gasteiger partial charge in [-0.05, 0) is 30.2 Å². The molecule has 1 aromatic rings. The molecule has 30 heavy (non-hydrogen) atoms. The SMILES string of the molecule is COC(=O)C1c2ccoc2CC2C1C(O)CC1(O)C(C)(C)CCC(OC(C)=O)C21C. The molecule has 2 fully saturated rings. The normalized spacial score (nSPS) is 41.8. The van der Waals surface area contributed by atoms with E-state index in [1.54, 1.807) is 12.3 Å². The summed E-state index contributed by atoms with van der Waals surface area (Å²) in [6.07, 6.45) is 1.94. The Morgan fingerprint density at radius 3 is 2.60 bits per heavy atom. The maximum Gasteiger partial charge on any atom is 0.313 e. The summed E-state index contributed by atoms with van der Waals surface area (Å²) in [5.74, 6) is -1.67. The molecule has 0 radical (unpaired) electrons. The molecule has 7 unspecified atom stereocenters. The first-order valence-electron chi connectivity index (χ1n) is 10.7. The standard InChI is InChI=1S/C23H32O7/c1-12(24)30-17-6-8-21(2,3)23(27)11-15(25)19-14(22(17,23)4)10-16-13(7-9-29-16)18(19)20(26)28-5/h7,9,14-15,17-19,25,27H,6,8,10-11H2,1-5H3. The number of carbonyl (C=O) groups excluding carboxylic acids is 2. The van der Waals surface area contributed by atoms with Crippen LogP contribution in [0.2, 0.25) is 0 Å². The van der Waals surface area contributed by atoms with E-state index < -0.39 is 52.4 Å². The van der Waals surface area contributed by atoms with Crippen molar-refractivity contribution >= 4 is 11.9 Å². The number of furan rings is 1. The minimum atomic E-state index is -1.29. The first-order chi connectivity index (χ1) is 14.0. The summed E-state index contributed by atoms with van der Waals surface area (Å²) in [6, 6.07) is 1.76. The molecule has 7 nitrogen and oxygen atoms in total. The van der Waals surface area contributed by atoms with Crippen molar-refractivity contribution in [3.8, 4) is 0 Å². The maximum atomic E-state index is 12.8. The molecule has 7 heteroatoms. The smallest absolute Gasteiger partial charge is 0.313 e. The van der Waals surface area contributed by atoms with Crippen molar-refractivity contribution in [3.05, 3.63) is 23.7 Å². The molecule has 0 bridgehead atoms. The second-order valence-electron chi connectivity index (χ2n) is 10.1. The van der Waals surface area contributed by atoms with Crippen LogP contribution in [0.25, 0.3) is 0 Å². The van der Waals surface area contributed by atoms with Crippen LogP contribution in [0.4, 0.5) is 0 Å². The van der Waals surface area contributed by atoms with Crippen LogP contribution in [0.5, 0.6) is 0 Å². The molecule has 2 saturated carbocycles. The molecule has 0 spiro atoms. The van der Waals surface area contributed by atoms with Gasteiger partial charge in [0.1, 0.15) is 11.9 Å². The molecule has 2 N–H and O–H groups in total. The fourth-order valence-corrected chi connectivity index (χ4v) is 6.94. The highest BCUT2D eigenvalue weighted by Gasteiger charge is 2.72. The fraction of sp³-hybridized carbons (Fsp3) is 0.739. The van der Waals surface area contributed by atoms with Gasteiger partial charge < -0.3 is 24.1 Å². The number of rotatable bonds is 2. The van der Waals surface area contributed by atoms with Crippen LogP contribution in [0.1, 0.15) is 64.2 Å². The Kier molecular flexibility index (Phi) is 4.86. The topological polar surface area (TPSA) is 106 Å². The summed E-state index contributed by atoms with van der Waals surface area (Å²) < 4.78 is 16.6. The number of aliphatic hydroxyl groups is 2. The van der Waals surface area contributed by atoms with Gasteiger partial charge in [-0.3, -0.25) is 9.59 Å². The minimum Gasteiger partial charge on any atom is -0.469 e. The number of hydrogen-bond donors (Lipinski definition) is 2. The highest BCUT2D eigenvalue weighted by atomic mass is 16.5. The van der Waals surface area contributed by atoms with E-state index in [-0.39, 0.29) is 12.3 Å². The van der Waals surface area contributed by atoms with Gasteiger partial charge in [0.2, 0.25) is 0 Å². The molecule has 7 atom stereocenters. The van der Waals surface area contributed by atoms with E-state index >= 15 is 0 Å². The molecule has 3 aliphatic rings. The largest absolute Gasteiger partial charge is 0.469 e. The number of hydrogen-bond acceptors (Lipinski definition) is 7. The van der Waals surface area contributed by atoms with Crippen LogP contribution in [0.3, 0.4) is 0 Å². The third kappa shape index (κ3) is 2.64. The number of methoxy groups -OCH3 is 1. The fourth-order valence-electron chi connectivity index (χ4n) is 6.94. The van der Waals surface area contributed by atoms with Gasteiger partial charge in [-0.25, -0.2) is 0 Å². The average molecular weight is 421 g/mol. The van der Waals surface area contributed by atoms with Crippen molar-refractivity contribution in [1.29, 1.82) is 0 Å². The molecule has 1 aromatic heterocycles. The van der Waals surface area contributed by atoms with Crippen LogP contribution in [0, 0.1) is 22.7 Å². The molecule has 0 amide bonds. The van der Waals surface area contributed by atoms with Crippen LogP contribution in [0.15, 0.2) is 16.7 Å². The molecule has 166 valence electrons. The molecule has 0 aliphatic heterocycles. The summed E-state index contributed by atoms with van der Waals surface area (Å²) in [5, 5.41) is 23.4. The third-order valence-electron chi connectivity index (χ3n) is 8.56. The van der Waals surface area contributed by atoms with Gasteiger partial charge in [0.25, 0.3) is 0 Å². The Bertz CT molecular complexity index is 857. The average Bonchev–Trinajstić information content (AvgIpc) is 3.14. The summed E-state index contributed by atoms with van der Waals surface area (Å²) in [5.41, 5.74) is -1.94. The van der Waals surface area contributed by atoms with Crippen molar-refractivity contribution < 1.29 is 33.7 Å². The van der Waals surface area contributed by atoms with Gasteiger partial charge in [-0.15, -0.1) is 0 Å². The van der Waals surface area contributed by atoms with Crippen molar-refractivity contribution in [1.82, 2.24) is 0 Å². The monoisotopic (exact) mass is 420 g/mol. The van der Waals surface area contributed by atoms with Crippen LogP contribution >= 0.6 is 0 Å². The minimum absolute atomic E-state index is 0.107. The number of esters is 2. The summed E-state index contributed by atoms with van der Waals surface area (Å²) in [4.78, 5) is 24.8. The zero-order chi connectivity index (χ0) is 22.1. The Hall–Kier alpha value is -1.86. The lowest BCUT2D eigenvalue weighted by atomic mass is 9.40. The van der Waals surface area contributed by atoms with E-state index in [0.717, 1.165) is 5.56 Å². The number of aliphatic hydroxyl groups excluding tert-OH is 1. The van der Waals surface area contributed by atoms with Gasteiger partial charge in [0.05, 0.1) is 31.0 Å². The van der Waals surface area contributed by atoms with E-state index in [2.05, 4.69) is 0 Å². The number of carbonyl (C=O) groups is 2. The first kappa shape index (κ1) is 21.4. The van der Waals surface area contributed by atoms with Crippen molar-refractivity contribution in [2.24, 2.45) is 22.7 Å². The third-order valence-corrected chi connectivity index (χ3v) is 8.56. The van der Waals surface area contributed by atoms with Crippen LogP contribution in [-0.2, 0) is 25.5 Å². The second-order valence-corrected chi connectivity index (χ2v) is 10.1. The lowest BCUT2D eigenvalue weighted by Crippen LogP contribution is -2.74. The Labute approximate surface area is 176 Å². The second kappa shape index (κ2) is 6.82. The quantitative estimate of drug-likeness (QED) is 0.708. The van der Waals surface area contributed by atoms with Gasteiger partial charge in [0.15, 0.2) is 0 Å². The molecule has 0 aromatic carbocycles. The van der Waals surface area contributed by atoms with Crippen molar-refractivity contribution in [2.45, 2.75) is 77.1 Å². The lowest BCUT2D eigenvalue weighted by molar-refractivity contribution is -0.296. The van der Waals surface area contributed by atoms with E-state index in [4.69, 9.17) is 13.9 Å². The molecular weight excluding hydrogens is 388 g/mol. The Morgan fingerprint density at radius 2 is 1.97 bits per heavy atom. The molecule has 1 heterocycles. The predicted octanol–water partition coefficient (Wildman–Crippen LogP) is 2.58. The van der Waals surface area contributed by atoms with E-state index in [0.29, 0.717) is 25.0 Å². The number of fused-ring (bicyclic) bond motifs is 4. The first-order valence-corrected chi connectivity index (χ1v) is 10.7. The predicted molar refractivity (Wildman–Crippen MR) is 106 cm³/mol. The number of ether oxygens (including phenoxy) is 2. The summed E-state index contributed by atoms with van der Waals surface area (Å²) in [7, 11) is 1.34. The van der Waals surface area contributed by atoms with Crippen molar-refractivity contribution in [2.75, 3.05) is 7.11 Å². The van der Waals surface area contributed by atoms with E-state index in [9.17, 15) is 19.8 Å². The highest BCUT2D eigenvalue weighted by Crippen LogP contribution is 2.67. The summed E-state index contributed by atoms with van der Waals surface area (Å²) >= 11 is 0. The van der Waals surface area contributed by atoms with Crippen LogP contribution in [-0.4, -0.2) is 47.1 Å². The van der Waals surface area contributed by atoms with Gasteiger partial charge in [0, 0.05) is 36.7 Å². The zero-order valence-corrected chi connectivity index (χ0v) is 18.3. The Morgan fingerprint density at radius 1 is 1.27 bits per heavy atom. The zero-order valence-electron chi connectivity index (χ0n) is 18.3. The molecule has 0 saturated heterocycles. The van der Waals surface area contributed by atoms with Gasteiger partial charge >= 0.3 is 11.9 Å². The van der Waals surface area contributed by atoms with E-state index in [1.807, 2.05) is 20.8 Å². The molecule has 4 rings (SSSR count). The molecular formula is C23H32O7. The lowest BCUT2D eigenvalue weighted by Gasteiger charge is -2.68. The van der Waals surface area contributed by atoms with E-state index in [1.165, 1.54) is 14.0 Å². The van der Waals surface area contributed by atoms with Crippen LogP contribution < -0.4 is 0 Å². The van der Waals surface area contributed by atoms with Gasteiger partial charge in [-0.1, -0.05) is 20.8 Å². The molecule has 3 aliphatic carbocycles. The van der Waals surface area contributed by atoms with Crippen molar-refractivity contribution in [3.63, 3.8) is 0 Å². The maximum absolute atomic E-state index is 12.8. The summed E-state index contributed by atoms with van der Waals surface area (Å²) in [6.45, 7) is 7.33. The van der Waals surface area contributed by atoms with Gasteiger partial charge in [-0.2, -0.15) is 0 Å². The Balaban J connectivity index is 1.91. The highest BCUT2D eigenvalue weighted by molar-refractivity contribution is 5.79.